The number of hydrogen-bond donors (Lipinski definition) is 2. The number of halogens is 2. The molecule has 3 aliphatic rings. The number of piperidine rings is 1. The average molecular weight is 364 g/mol. The van der Waals surface area contributed by atoms with Crippen molar-refractivity contribution in [3.63, 3.8) is 0 Å². The Labute approximate surface area is 150 Å². The van der Waals surface area contributed by atoms with Gasteiger partial charge in [0.15, 0.2) is 0 Å². The first-order chi connectivity index (χ1) is 12.4. The summed E-state index contributed by atoms with van der Waals surface area (Å²) in [5.41, 5.74) is 0.232. The Bertz CT molecular complexity index is 728. The van der Waals surface area contributed by atoms with Crippen LogP contribution in [0.25, 0.3) is 0 Å². The van der Waals surface area contributed by atoms with Crippen molar-refractivity contribution in [2.24, 2.45) is 5.92 Å². The van der Waals surface area contributed by atoms with Gasteiger partial charge in [0, 0.05) is 38.8 Å². The number of urea groups is 2. The summed E-state index contributed by atoms with van der Waals surface area (Å²) in [6, 6.07) is 3.54. The second kappa shape index (κ2) is 6.41. The van der Waals surface area contributed by atoms with E-state index in [9.17, 15) is 18.4 Å². The molecule has 0 radical (unpaired) electrons. The van der Waals surface area contributed by atoms with E-state index in [0.29, 0.717) is 50.6 Å². The number of amides is 4. The first kappa shape index (κ1) is 17.1. The molecule has 4 amide bonds. The van der Waals surface area contributed by atoms with Crippen LogP contribution < -0.4 is 10.6 Å². The number of hydrogen-bond acceptors (Lipinski definition) is 2. The Kier molecular flexibility index (Phi) is 4.20. The fourth-order valence-electron chi connectivity index (χ4n) is 4.12. The zero-order chi connectivity index (χ0) is 18.3. The van der Waals surface area contributed by atoms with Gasteiger partial charge in [0.05, 0.1) is 5.54 Å². The summed E-state index contributed by atoms with van der Waals surface area (Å²) < 4.78 is 26.8. The normalized spacial score (nSPS) is 22.2. The van der Waals surface area contributed by atoms with E-state index in [1.165, 1.54) is 12.1 Å². The van der Waals surface area contributed by atoms with Crippen LogP contribution in [-0.4, -0.2) is 60.1 Å². The summed E-state index contributed by atoms with van der Waals surface area (Å²) in [5.74, 6) is -0.769. The molecule has 0 atom stereocenters. The van der Waals surface area contributed by atoms with Crippen molar-refractivity contribution in [1.29, 1.82) is 0 Å². The molecule has 3 fully saturated rings. The number of nitrogens with one attached hydrogen (secondary N) is 2. The summed E-state index contributed by atoms with van der Waals surface area (Å²) in [5, 5.41) is 5.61. The Morgan fingerprint density at radius 2 is 1.92 bits per heavy atom. The van der Waals surface area contributed by atoms with E-state index < -0.39 is 11.6 Å². The Hall–Kier alpha value is -2.38. The smallest absolute Gasteiger partial charge is 0.320 e. The fraction of sp³-hybridized carbons (Fsp3) is 0.556. The van der Waals surface area contributed by atoms with Crippen molar-refractivity contribution in [1.82, 2.24) is 20.4 Å². The lowest BCUT2D eigenvalue weighted by Gasteiger charge is -2.49. The molecule has 3 aliphatic heterocycles. The van der Waals surface area contributed by atoms with Crippen LogP contribution in [0.1, 0.15) is 18.4 Å². The summed E-state index contributed by atoms with van der Waals surface area (Å²) >= 11 is 0. The first-order valence-corrected chi connectivity index (χ1v) is 8.98. The molecule has 0 aliphatic carbocycles. The van der Waals surface area contributed by atoms with E-state index in [4.69, 9.17) is 0 Å². The molecule has 140 valence electrons. The fourth-order valence-corrected chi connectivity index (χ4v) is 4.12. The van der Waals surface area contributed by atoms with Crippen LogP contribution in [0.5, 0.6) is 0 Å². The maximum absolute atomic E-state index is 13.8. The zero-order valence-corrected chi connectivity index (χ0v) is 14.4. The molecule has 26 heavy (non-hydrogen) atoms. The Balaban J connectivity index is 1.26. The van der Waals surface area contributed by atoms with Gasteiger partial charge in [-0.3, -0.25) is 0 Å². The standard InChI is InChI=1S/C18H22F2N4O2/c19-14-2-1-13(15(20)8-14)7-12-3-5-23(6-4-12)17(26)24-10-18(11-24)9-21-16(25)22-18/h1-2,8,12H,3-7,9-11H2,(H2,21,22,25). The summed E-state index contributed by atoms with van der Waals surface area (Å²) in [7, 11) is 0. The van der Waals surface area contributed by atoms with Gasteiger partial charge in [0.1, 0.15) is 11.6 Å². The highest BCUT2D eigenvalue weighted by molar-refractivity contribution is 5.80. The maximum atomic E-state index is 13.8. The third-order valence-corrected chi connectivity index (χ3v) is 5.63. The van der Waals surface area contributed by atoms with Gasteiger partial charge in [0.2, 0.25) is 0 Å². The van der Waals surface area contributed by atoms with Crippen molar-refractivity contribution < 1.29 is 18.4 Å². The number of nitrogens with zero attached hydrogens (tertiary/aromatic N) is 2. The van der Waals surface area contributed by atoms with E-state index >= 15 is 0 Å². The van der Waals surface area contributed by atoms with Gasteiger partial charge in [-0.2, -0.15) is 0 Å². The summed E-state index contributed by atoms with van der Waals surface area (Å²) in [4.78, 5) is 27.4. The largest absolute Gasteiger partial charge is 0.336 e. The quantitative estimate of drug-likeness (QED) is 0.839. The highest BCUT2D eigenvalue weighted by Gasteiger charge is 2.50. The first-order valence-electron chi connectivity index (χ1n) is 8.98. The van der Waals surface area contributed by atoms with Gasteiger partial charge < -0.3 is 20.4 Å². The van der Waals surface area contributed by atoms with Crippen LogP contribution in [0.15, 0.2) is 18.2 Å². The van der Waals surface area contributed by atoms with Crippen LogP contribution in [0, 0.1) is 17.6 Å². The van der Waals surface area contributed by atoms with Crippen molar-refractivity contribution in [2.45, 2.75) is 24.8 Å². The number of likely N-dealkylation sites (tertiary alicyclic amines) is 2. The van der Waals surface area contributed by atoms with Crippen LogP contribution in [0.2, 0.25) is 0 Å². The zero-order valence-electron chi connectivity index (χ0n) is 14.4. The molecule has 0 bridgehead atoms. The monoisotopic (exact) mass is 364 g/mol. The van der Waals surface area contributed by atoms with Crippen molar-refractivity contribution in [2.75, 3.05) is 32.7 Å². The molecule has 1 aromatic carbocycles. The number of carbonyl (C=O) groups is 2. The summed E-state index contributed by atoms with van der Waals surface area (Å²) in [6.45, 7) is 2.90. The lowest BCUT2D eigenvalue weighted by Crippen LogP contribution is -2.71. The topological polar surface area (TPSA) is 64.7 Å². The molecule has 4 rings (SSSR count). The summed E-state index contributed by atoms with van der Waals surface area (Å²) in [6.07, 6.45) is 2.18. The lowest BCUT2D eigenvalue weighted by atomic mass is 9.89. The van der Waals surface area contributed by atoms with E-state index in [1.54, 1.807) is 4.90 Å². The third-order valence-electron chi connectivity index (χ3n) is 5.63. The van der Waals surface area contributed by atoms with Crippen molar-refractivity contribution in [3.05, 3.63) is 35.4 Å². The van der Waals surface area contributed by atoms with Gasteiger partial charge in [-0.05, 0) is 36.8 Å². The Morgan fingerprint density at radius 3 is 2.54 bits per heavy atom. The minimum absolute atomic E-state index is 0.00295. The molecule has 3 saturated heterocycles. The van der Waals surface area contributed by atoms with E-state index in [2.05, 4.69) is 10.6 Å². The van der Waals surface area contributed by atoms with Gasteiger partial charge in [0.25, 0.3) is 0 Å². The molecule has 0 aromatic heterocycles. The van der Waals surface area contributed by atoms with Crippen molar-refractivity contribution in [3.8, 4) is 0 Å². The molecule has 0 unspecified atom stereocenters. The molecular weight excluding hydrogens is 342 g/mol. The highest BCUT2D eigenvalue weighted by atomic mass is 19.1. The molecule has 6 nitrogen and oxygen atoms in total. The second-order valence-corrected chi connectivity index (χ2v) is 7.60. The van der Waals surface area contributed by atoms with E-state index in [-0.39, 0.29) is 17.6 Å². The van der Waals surface area contributed by atoms with Crippen LogP contribution in [-0.2, 0) is 6.42 Å². The molecular formula is C18H22F2N4O2. The van der Waals surface area contributed by atoms with E-state index in [1.807, 2.05) is 4.90 Å². The predicted octanol–water partition coefficient (Wildman–Crippen LogP) is 1.71. The average Bonchev–Trinajstić information content (AvgIpc) is 2.98. The van der Waals surface area contributed by atoms with Gasteiger partial charge >= 0.3 is 12.1 Å². The number of rotatable bonds is 2. The van der Waals surface area contributed by atoms with Gasteiger partial charge in [-0.15, -0.1) is 0 Å². The number of carbonyl (C=O) groups excluding carboxylic acids is 2. The highest BCUT2D eigenvalue weighted by Crippen LogP contribution is 2.28. The van der Waals surface area contributed by atoms with E-state index in [0.717, 1.165) is 18.9 Å². The molecule has 1 spiro atoms. The van der Waals surface area contributed by atoms with Crippen molar-refractivity contribution >= 4 is 12.1 Å². The minimum atomic E-state index is -0.562. The molecule has 1 aromatic rings. The van der Waals surface area contributed by atoms with Crippen LogP contribution >= 0.6 is 0 Å². The minimum Gasteiger partial charge on any atom is -0.336 e. The molecule has 3 heterocycles. The SMILES string of the molecule is O=C1NCC2(CN(C(=O)N3CCC(Cc4ccc(F)cc4F)CC3)C2)N1. The molecule has 8 heteroatoms. The second-order valence-electron chi connectivity index (χ2n) is 7.60. The maximum Gasteiger partial charge on any atom is 0.320 e. The Morgan fingerprint density at radius 1 is 1.19 bits per heavy atom. The van der Waals surface area contributed by atoms with Crippen LogP contribution in [0.3, 0.4) is 0 Å². The number of benzene rings is 1. The predicted molar refractivity (Wildman–Crippen MR) is 90.6 cm³/mol. The van der Waals surface area contributed by atoms with Gasteiger partial charge in [-0.1, -0.05) is 6.07 Å². The molecule has 0 saturated carbocycles. The third kappa shape index (κ3) is 3.20. The van der Waals surface area contributed by atoms with Crippen LogP contribution in [0.4, 0.5) is 18.4 Å². The van der Waals surface area contributed by atoms with Gasteiger partial charge in [-0.25, -0.2) is 18.4 Å². The molecule has 2 N–H and O–H groups in total. The lowest BCUT2D eigenvalue weighted by molar-refractivity contribution is 0.0610.